The lowest BCUT2D eigenvalue weighted by atomic mass is 10.1. The molecule has 2 aromatic rings. The van der Waals surface area contributed by atoms with Gasteiger partial charge in [0, 0.05) is 6.54 Å². The molecule has 1 N–H and O–H groups in total. The molecule has 0 bridgehead atoms. The van der Waals surface area contributed by atoms with Gasteiger partial charge in [0.25, 0.3) is 5.91 Å². The molecule has 1 amide bonds. The maximum Gasteiger partial charge on any atom is 0.260 e. The minimum atomic E-state index is -0.536. The summed E-state index contributed by atoms with van der Waals surface area (Å²) in [6, 6.07) is 11.9. The summed E-state index contributed by atoms with van der Waals surface area (Å²) in [5, 5.41) is 2.94. The van der Waals surface area contributed by atoms with Crippen LogP contribution in [0.1, 0.15) is 30.0 Å². The highest BCUT2D eigenvalue weighted by Crippen LogP contribution is 2.27. The van der Waals surface area contributed by atoms with E-state index < -0.39 is 6.10 Å². The molecular formula is C22H29NO4. The molecule has 0 saturated carbocycles. The van der Waals surface area contributed by atoms with Crippen LogP contribution in [-0.4, -0.2) is 32.8 Å². The number of benzene rings is 2. The van der Waals surface area contributed by atoms with Gasteiger partial charge >= 0.3 is 0 Å². The topological polar surface area (TPSA) is 56.8 Å². The number of aryl methyl sites for hydroxylation is 3. The summed E-state index contributed by atoms with van der Waals surface area (Å²) in [4.78, 5) is 12.3. The van der Waals surface area contributed by atoms with E-state index in [1.54, 1.807) is 21.1 Å². The predicted molar refractivity (Wildman–Crippen MR) is 107 cm³/mol. The molecule has 0 aliphatic heterocycles. The molecule has 2 rings (SSSR count). The van der Waals surface area contributed by atoms with Crippen molar-refractivity contribution in [3.63, 3.8) is 0 Å². The average Bonchev–Trinajstić information content (AvgIpc) is 2.67. The van der Waals surface area contributed by atoms with E-state index in [0.29, 0.717) is 12.3 Å². The molecule has 0 fully saturated rings. The van der Waals surface area contributed by atoms with Crippen molar-refractivity contribution in [2.45, 2.75) is 39.7 Å². The van der Waals surface area contributed by atoms with Gasteiger partial charge in [0.15, 0.2) is 17.6 Å². The van der Waals surface area contributed by atoms with Crippen LogP contribution in [0.5, 0.6) is 17.2 Å². The molecule has 0 unspecified atom stereocenters. The van der Waals surface area contributed by atoms with E-state index >= 15 is 0 Å². The monoisotopic (exact) mass is 371 g/mol. The van der Waals surface area contributed by atoms with Gasteiger partial charge in [-0.05, 0) is 68.5 Å². The molecule has 1 atom stereocenters. The van der Waals surface area contributed by atoms with Crippen LogP contribution in [0.4, 0.5) is 0 Å². The van der Waals surface area contributed by atoms with Gasteiger partial charge in [-0.15, -0.1) is 0 Å². The van der Waals surface area contributed by atoms with E-state index in [2.05, 4.69) is 5.32 Å². The molecule has 0 radical (unpaired) electrons. The van der Waals surface area contributed by atoms with Gasteiger partial charge in [-0.25, -0.2) is 0 Å². The molecule has 146 valence electrons. The Kier molecular flexibility index (Phi) is 7.53. The molecule has 0 aliphatic rings. The first-order valence-corrected chi connectivity index (χ1v) is 9.17. The van der Waals surface area contributed by atoms with E-state index in [-0.39, 0.29) is 5.91 Å². The summed E-state index contributed by atoms with van der Waals surface area (Å²) in [6.45, 7) is 6.34. The Morgan fingerprint density at radius 2 is 1.74 bits per heavy atom. The normalized spacial score (nSPS) is 11.6. The van der Waals surface area contributed by atoms with Gasteiger partial charge < -0.3 is 19.5 Å². The number of carbonyl (C=O) groups excluding carboxylic acids is 1. The number of nitrogens with one attached hydrogen (secondary N) is 1. The van der Waals surface area contributed by atoms with Gasteiger partial charge in [-0.1, -0.05) is 18.2 Å². The van der Waals surface area contributed by atoms with Crippen LogP contribution in [0.25, 0.3) is 0 Å². The maximum absolute atomic E-state index is 12.3. The first kappa shape index (κ1) is 20.6. The van der Waals surface area contributed by atoms with E-state index in [4.69, 9.17) is 14.2 Å². The van der Waals surface area contributed by atoms with Crippen molar-refractivity contribution in [3.8, 4) is 17.2 Å². The summed E-state index contributed by atoms with van der Waals surface area (Å²) in [6.07, 6.45) is 1.14. The van der Waals surface area contributed by atoms with Gasteiger partial charge in [0.2, 0.25) is 0 Å². The number of hydrogen-bond acceptors (Lipinski definition) is 4. The van der Waals surface area contributed by atoms with Crippen LogP contribution < -0.4 is 19.5 Å². The largest absolute Gasteiger partial charge is 0.493 e. The SMILES string of the molecule is COc1ccc(CCCNC(=O)[C@H](C)Oc2cc(C)ccc2C)cc1OC. The Labute approximate surface area is 161 Å². The van der Waals surface area contributed by atoms with Crippen molar-refractivity contribution in [2.75, 3.05) is 20.8 Å². The number of ether oxygens (including phenoxy) is 3. The molecule has 0 aromatic heterocycles. The molecule has 0 saturated heterocycles. The molecule has 5 heteroatoms. The van der Waals surface area contributed by atoms with Crippen molar-refractivity contribution < 1.29 is 19.0 Å². The van der Waals surface area contributed by atoms with Crippen LogP contribution in [0.2, 0.25) is 0 Å². The molecule has 0 heterocycles. The highest BCUT2D eigenvalue weighted by Gasteiger charge is 2.15. The fourth-order valence-corrected chi connectivity index (χ4v) is 2.76. The molecule has 27 heavy (non-hydrogen) atoms. The Morgan fingerprint density at radius 1 is 1.00 bits per heavy atom. The van der Waals surface area contributed by atoms with Crippen LogP contribution in [-0.2, 0) is 11.2 Å². The smallest absolute Gasteiger partial charge is 0.260 e. The molecular weight excluding hydrogens is 342 g/mol. The zero-order valence-corrected chi connectivity index (χ0v) is 16.8. The lowest BCUT2D eigenvalue weighted by Gasteiger charge is -2.17. The number of carbonyl (C=O) groups is 1. The average molecular weight is 371 g/mol. The van der Waals surface area contributed by atoms with Gasteiger partial charge in [0.1, 0.15) is 5.75 Å². The fraction of sp³-hybridized carbons (Fsp3) is 0.409. The first-order valence-electron chi connectivity index (χ1n) is 9.17. The Hall–Kier alpha value is -2.69. The standard InChI is InChI=1S/C22H29NO4/c1-15-8-9-16(2)20(13-15)27-17(3)22(24)23-12-6-7-18-10-11-19(25-4)21(14-18)26-5/h8-11,13-14,17H,6-7,12H2,1-5H3,(H,23,24)/t17-/m0/s1. The second-order valence-corrected chi connectivity index (χ2v) is 6.61. The molecule has 5 nitrogen and oxygen atoms in total. The number of rotatable bonds is 9. The Morgan fingerprint density at radius 3 is 2.44 bits per heavy atom. The third-order valence-corrected chi connectivity index (χ3v) is 4.41. The highest BCUT2D eigenvalue weighted by atomic mass is 16.5. The first-order chi connectivity index (χ1) is 12.9. The van der Waals surface area contributed by atoms with Crippen molar-refractivity contribution in [2.24, 2.45) is 0 Å². The van der Waals surface area contributed by atoms with E-state index in [0.717, 1.165) is 41.0 Å². The van der Waals surface area contributed by atoms with Crippen molar-refractivity contribution in [3.05, 3.63) is 53.1 Å². The van der Waals surface area contributed by atoms with E-state index in [9.17, 15) is 4.79 Å². The maximum atomic E-state index is 12.3. The summed E-state index contributed by atoms with van der Waals surface area (Å²) in [5.41, 5.74) is 3.27. The zero-order chi connectivity index (χ0) is 19.8. The van der Waals surface area contributed by atoms with Crippen LogP contribution >= 0.6 is 0 Å². The summed E-state index contributed by atoms with van der Waals surface area (Å²) in [7, 11) is 3.24. The van der Waals surface area contributed by atoms with Gasteiger partial charge in [-0.3, -0.25) is 4.79 Å². The highest BCUT2D eigenvalue weighted by molar-refractivity contribution is 5.80. The second-order valence-electron chi connectivity index (χ2n) is 6.61. The van der Waals surface area contributed by atoms with Crippen LogP contribution in [0, 0.1) is 13.8 Å². The van der Waals surface area contributed by atoms with Gasteiger partial charge in [-0.2, -0.15) is 0 Å². The minimum absolute atomic E-state index is 0.108. The summed E-state index contributed by atoms with van der Waals surface area (Å²) >= 11 is 0. The van der Waals surface area contributed by atoms with E-state index in [1.807, 2.05) is 50.2 Å². The van der Waals surface area contributed by atoms with Crippen LogP contribution in [0.3, 0.4) is 0 Å². The lowest BCUT2D eigenvalue weighted by molar-refractivity contribution is -0.127. The number of methoxy groups -OCH3 is 2. The zero-order valence-electron chi connectivity index (χ0n) is 16.8. The predicted octanol–water partition coefficient (Wildman–Crippen LogP) is 3.84. The summed E-state index contributed by atoms with van der Waals surface area (Å²) in [5.74, 6) is 2.08. The van der Waals surface area contributed by atoms with Crippen LogP contribution in [0.15, 0.2) is 36.4 Å². The lowest BCUT2D eigenvalue weighted by Crippen LogP contribution is -2.37. The number of hydrogen-bond donors (Lipinski definition) is 1. The van der Waals surface area contributed by atoms with Gasteiger partial charge in [0.05, 0.1) is 14.2 Å². The Bertz CT molecular complexity index is 773. The number of amides is 1. The Balaban J connectivity index is 1.79. The van der Waals surface area contributed by atoms with Crippen molar-refractivity contribution in [1.82, 2.24) is 5.32 Å². The second kappa shape index (κ2) is 9.86. The molecule has 0 spiro atoms. The summed E-state index contributed by atoms with van der Waals surface area (Å²) < 4.78 is 16.4. The third-order valence-electron chi connectivity index (χ3n) is 4.41. The fourth-order valence-electron chi connectivity index (χ4n) is 2.76. The third kappa shape index (κ3) is 5.91. The van der Waals surface area contributed by atoms with Crippen molar-refractivity contribution >= 4 is 5.91 Å². The molecule has 0 aliphatic carbocycles. The van der Waals surface area contributed by atoms with E-state index in [1.165, 1.54) is 0 Å². The quantitative estimate of drug-likeness (QED) is 0.681. The molecule has 2 aromatic carbocycles. The minimum Gasteiger partial charge on any atom is -0.493 e. The van der Waals surface area contributed by atoms with Crippen molar-refractivity contribution in [1.29, 1.82) is 0 Å².